The molecular weight excluding hydrogens is 164 g/mol. The molecule has 0 radical (unpaired) electrons. The fourth-order valence-electron chi connectivity index (χ4n) is 2.01. The van der Waals surface area contributed by atoms with E-state index in [4.69, 9.17) is 4.74 Å². The lowest BCUT2D eigenvalue weighted by Crippen LogP contribution is -2.22. The van der Waals surface area contributed by atoms with Crippen LogP contribution in [-0.2, 0) is 9.53 Å². The predicted molar refractivity (Wildman–Crippen MR) is 52.7 cm³/mol. The van der Waals surface area contributed by atoms with Crippen LogP contribution in [0.2, 0.25) is 0 Å². The highest BCUT2D eigenvalue weighted by molar-refractivity contribution is 5.82. The molecule has 1 unspecified atom stereocenters. The number of ether oxygens (including phenoxy) is 1. The molecular formula is C11H20O2. The van der Waals surface area contributed by atoms with Gasteiger partial charge in [0.1, 0.15) is 6.10 Å². The number of carbonyl (C=O) groups is 1. The largest absolute Gasteiger partial charge is 0.371 e. The number of carbonyl (C=O) groups excluding carboxylic acids is 1. The lowest BCUT2D eigenvalue weighted by Gasteiger charge is -2.13. The van der Waals surface area contributed by atoms with Gasteiger partial charge in [0.2, 0.25) is 0 Å². The zero-order chi connectivity index (χ0) is 9.68. The van der Waals surface area contributed by atoms with E-state index in [2.05, 4.69) is 0 Å². The first kappa shape index (κ1) is 10.7. The Balaban J connectivity index is 2.22. The zero-order valence-electron chi connectivity index (χ0n) is 8.71. The molecule has 0 spiro atoms. The number of rotatable bonds is 5. The van der Waals surface area contributed by atoms with Crippen LogP contribution in [0.1, 0.15) is 46.0 Å². The quantitative estimate of drug-likeness (QED) is 0.656. The second-order valence-electron chi connectivity index (χ2n) is 3.92. The topological polar surface area (TPSA) is 26.3 Å². The maximum absolute atomic E-state index is 11.6. The fraction of sp³-hybridized carbons (Fsp3) is 0.909. The highest BCUT2D eigenvalue weighted by Crippen LogP contribution is 2.28. The minimum Gasteiger partial charge on any atom is -0.371 e. The van der Waals surface area contributed by atoms with Gasteiger partial charge < -0.3 is 4.74 Å². The summed E-state index contributed by atoms with van der Waals surface area (Å²) in [4.78, 5) is 11.6. The van der Waals surface area contributed by atoms with Crippen LogP contribution in [0.3, 0.4) is 0 Å². The molecule has 2 nitrogen and oxygen atoms in total. The van der Waals surface area contributed by atoms with Crippen LogP contribution in [0.4, 0.5) is 0 Å². The summed E-state index contributed by atoms with van der Waals surface area (Å²) in [5.74, 6) is 0.934. The van der Waals surface area contributed by atoms with Crippen LogP contribution in [-0.4, -0.2) is 18.5 Å². The van der Waals surface area contributed by atoms with Gasteiger partial charge >= 0.3 is 0 Å². The predicted octanol–water partition coefficient (Wildman–Crippen LogP) is 2.56. The van der Waals surface area contributed by atoms with Crippen LogP contribution in [0.25, 0.3) is 0 Å². The molecule has 13 heavy (non-hydrogen) atoms. The van der Waals surface area contributed by atoms with E-state index < -0.39 is 0 Å². The molecule has 0 aromatic carbocycles. The number of Topliss-reactive ketones (excluding diaryl/α,β-unsaturated/α-hetero) is 1. The Morgan fingerprint density at radius 2 is 2.08 bits per heavy atom. The maximum Gasteiger partial charge on any atom is 0.161 e. The van der Waals surface area contributed by atoms with Crippen molar-refractivity contribution in [1.29, 1.82) is 0 Å². The van der Waals surface area contributed by atoms with Crippen LogP contribution in [0, 0.1) is 5.92 Å². The first-order valence-corrected chi connectivity index (χ1v) is 5.38. The van der Waals surface area contributed by atoms with Crippen molar-refractivity contribution in [1.82, 2.24) is 0 Å². The summed E-state index contributed by atoms with van der Waals surface area (Å²) in [6, 6.07) is 0. The van der Waals surface area contributed by atoms with Gasteiger partial charge in [-0.05, 0) is 19.8 Å². The van der Waals surface area contributed by atoms with E-state index in [1.807, 2.05) is 13.8 Å². The molecule has 0 aliphatic heterocycles. The number of hydrogen-bond acceptors (Lipinski definition) is 2. The molecule has 0 amide bonds. The van der Waals surface area contributed by atoms with Crippen LogP contribution < -0.4 is 0 Å². The van der Waals surface area contributed by atoms with Crippen molar-refractivity contribution in [2.75, 3.05) is 6.61 Å². The van der Waals surface area contributed by atoms with Crippen molar-refractivity contribution in [3.05, 3.63) is 0 Å². The summed E-state index contributed by atoms with van der Waals surface area (Å²) < 4.78 is 5.26. The molecule has 0 bridgehead atoms. The molecule has 0 saturated heterocycles. The third kappa shape index (κ3) is 3.47. The smallest absolute Gasteiger partial charge is 0.161 e. The first-order valence-electron chi connectivity index (χ1n) is 5.38. The zero-order valence-corrected chi connectivity index (χ0v) is 8.71. The van der Waals surface area contributed by atoms with E-state index in [0.29, 0.717) is 12.5 Å². The summed E-state index contributed by atoms with van der Waals surface area (Å²) >= 11 is 0. The van der Waals surface area contributed by atoms with Crippen LogP contribution in [0.5, 0.6) is 0 Å². The van der Waals surface area contributed by atoms with E-state index in [1.54, 1.807) is 0 Å². The molecule has 1 saturated carbocycles. The van der Waals surface area contributed by atoms with Crippen molar-refractivity contribution in [2.45, 2.75) is 52.1 Å². The first-order chi connectivity index (χ1) is 6.24. The van der Waals surface area contributed by atoms with Crippen molar-refractivity contribution in [3.63, 3.8) is 0 Å². The monoisotopic (exact) mass is 184 g/mol. The van der Waals surface area contributed by atoms with E-state index in [0.717, 1.165) is 6.42 Å². The lowest BCUT2D eigenvalue weighted by atomic mass is 9.99. The minimum atomic E-state index is -0.189. The maximum atomic E-state index is 11.6. The van der Waals surface area contributed by atoms with Crippen molar-refractivity contribution >= 4 is 5.78 Å². The summed E-state index contributed by atoms with van der Waals surface area (Å²) in [5, 5.41) is 0. The van der Waals surface area contributed by atoms with E-state index >= 15 is 0 Å². The average molecular weight is 184 g/mol. The molecule has 76 valence electrons. The Kier molecular flexibility index (Phi) is 4.43. The van der Waals surface area contributed by atoms with Crippen molar-refractivity contribution in [3.8, 4) is 0 Å². The third-order valence-corrected chi connectivity index (χ3v) is 2.83. The van der Waals surface area contributed by atoms with Gasteiger partial charge in [-0.2, -0.15) is 0 Å². The second kappa shape index (κ2) is 5.38. The lowest BCUT2D eigenvalue weighted by molar-refractivity contribution is -0.130. The molecule has 1 aliphatic rings. The Morgan fingerprint density at radius 3 is 2.62 bits per heavy atom. The van der Waals surface area contributed by atoms with Gasteiger partial charge in [0.05, 0.1) is 0 Å². The molecule has 0 N–H and O–H groups in total. The minimum absolute atomic E-state index is 0.189. The van der Waals surface area contributed by atoms with Gasteiger partial charge in [0.15, 0.2) is 5.78 Å². The SMILES string of the molecule is CCOC(C)C(=O)CC1CCCC1. The average Bonchev–Trinajstić information content (AvgIpc) is 2.57. The van der Waals surface area contributed by atoms with Gasteiger partial charge in [-0.3, -0.25) is 4.79 Å². The Bertz CT molecular complexity index is 159. The Hall–Kier alpha value is -0.370. The van der Waals surface area contributed by atoms with E-state index in [-0.39, 0.29) is 11.9 Å². The summed E-state index contributed by atoms with van der Waals surface area (Å²) in [6.07, 6.45) is 5.64. The highest BCUT2D eigenvalue weighted by Gasteiger charge is 2.21. The Morgan fingerprint density at radius 1 is 1.46 bits per heavy atom. The molecule has 1 fully saturated rings. The summed E-state index contributed by atoms with van der Waals surface area (Å²) in [5.41, 5.74) is 0. The standard InChI is InChI=1S/C11H20O2/c1-3-13-9(2)11(12)8-10-6-4-5-7-10/h9-10H,3-8H2,1-2H3. The van der Waals surface area contributed by atoms with Crippen LogP contribution in [0.15, 0.2) is 0 Å². The molecule has 0 aromatic heterocycles. The summed E-state index contributed by atoms with van der Waals surface area (Å²) in [7, 11) is 0. The molecule has 1 aliphatic carbocycles. The third-order valence-electron chi connectivity index (χ3n) is 2.83. The van der Waals surface area contributed by atoms with Gasteiger partial charge in [0.25, 0.3) is 0 Å². The fourth-order valence-corrected chi connectivity index (χ4v) is 2.01. The van der Waals surface area contributed by atoms with E-state index in [9.17, 15) is 4.79 Å². The molecule has 0 aromatic rings. The van der Waals surface area contributed by atoms with Gasteiger partial charge in [-0.25, -0.2) is 0 Å². The molecule has 1 rings (SSSR count). The molecule has 0 heterocycles. The van der Waals surface area contributed by atoms with E-state index in [1.165, 1.54) is 25.7 Å². The Labute approximate surface area is 80.7 Å². The van der Waals surface area contributed by atoms with Crippen molar-refractivity contribution in [2.24, 2.45) is 5.92 Å². The van der Waals surface area contributed by atoms with Gasteiger partial charge in [-0.15, -0.1) is 0 Å². The van der Waals surface area contributed by atoms with Gasteiger partial charge in [0, 0.05) is 13.0 Å². The normalized spacial score (nSPS) is 20.5. The second-order valence-corrected chi connectivity index (χ2v) is 3.92. The molecule has 2 heteroatoms. The van der Waals surface area contributed by atoms with Crippen LogP contribution >= 0.6 is 0 Å². The van der Waals surface area contributed by atoms with Gasteiger partial charge in [-0.1, -0.05) is 25.7 Å². The number of hydrogen-bond donors (Lipinski definition) is 0. The molecule has 1 atom stereocenters. The summed E-state index contributed by atoms with van der Waals surface area (Å²) in [6.45, 7) is 4.43. The van der Waals surface area contributed by atoms with Crippen molar-refractivity contribution < 1.29 is 9.53 Å². The highest BCUT2D eigenvalue weighted by atomic mass is 16.5. The number of ketones is 1.